The molecule has 7 heteroatoms. The maximum absolute atomic E-state index is 14.6. The summed E-state index contributed by atoms with van der Waals surface area (Å²) < 4.78 is 82.4. The molecular formula is C24H26F6O. The highest BCUT2D eigenvalue weighted by molar-refractivity contribution is 5.33. The highest BCUT2D eigenvalue weighted by Crippen LogP contribution is 2.38. The topological polar surface area (TPSA) is 9.23 Å². The van der Waals surface area contributed by atoms with Crippen molar-refractivity contribution in [1.82, 2.24) is 0 Å². The second kappa shape index (κ2) is 9.96. The van der Waals surface area contributed by atoms with E-state index >= 15 is 0 Å². The summed E-state index contributed by atoms with van der Waals surface area (Å²) in [4.78, 5) is 0. The normalized spacial score (nSPS) is 19.5. The first kappa shape index (κ1) is 23.5. The zero-order valence-electron chi connectivity index (χ0n) is 17.4. The van der Waals surface area contributed by atoms with Crippen LogP contribution in [-0.4, -0.2) is 6.36 Å². The van der Waals surface area contributed by atoms with Crippen molar-refractivity contribution in [2.24, 2.45) is 5.92 Å². The van der Waals surface area contributed by atoms with Gasteiger partial charge in [0.25, 0.3) is 0 Å². The van der Waals surface area contributed by atoms with E-state index in [-0.39, 0.29) is 24.2 Å². The average Bonchev–Trinajstić information content (AvgIpc) is 2.70. The van der Waals surface area contributed by atoms with Gasteiger partial charge in [-0.05, 0) is 85.3 Å². The molecule has 0 aliphatic heterocycles. The predicted molar refractivity (Wildman–Crippen MR) is 106 cm³/mol. The standard InChI is InChI=1S/C24H26F6O/c1-2-3-15-4-7-17(8-5-15)19-11-10-18(20(25)14-19)9-6-16-12-21(26)23(22(27)13-16)31-24(28,29)30/h10-15,17H,2-9H2,1H3. The molecule has 1 saturated carbocycles. The van der Waals surface area contributed by atoms with Crippen molar-refractivity contribution >= 4 is 0 Å². The van der Waals surface area contributed by atoms with E-state index in [1.54, 1.807) is 12.1 Å². The van der Waals surface area contributed by atoms with Gasteiger partial charge >= 0.3 is 6.36 Å². The van der Waals surface area contributed by atoms with Gasteiger partial charge in [-0.25, -0.2) is 13.2 Å². The summed E-state index contributed by atoms with van der Waals surface area (Å²) in [6.07, 6.45) is 1.91. The molecule has 170 valence electrons. The predicted octanol–water partition coefficient (Wildman–Crippen LogP) is 7.86. The van der Waals surface area contributed by atoms with Crippen molar-refractivity contribution in [3.8, 4) is 5.75 Å². The van der Waals surface area contributed by atoms with Crippen LogP contribution in [0.1, 0.15) is 68.1 Å². The Morgan fingerprint density at radius 1 is 0.871 bits per heavy atom. The van der Waals surface area contributed by atoms with Crippen LogP contribution in [0.5, 0.6) is 5.75 Å². The molecule has 0 spiro atoms. The molecule has 1 fully saturated rings. The van der Waals surface area contributed by atoms with E-state index in [9.17, 15) is 26.3 Å². The molecule has 0 saturated heterocycles. The summed E-state index contributed by atoms with van der Waals surface area (Å²) in [6.45, 7) is 2.19. The summed E-state index contributed by atoms with van der Waals surface area (Å²) in [6, 6.07) is 6.71. The summed E-state index contributed by atoms with van der Waals surface area (Å²) in [7, 11) is 0. The minimum absolute atomic E-state index is 0.0819. The van der Waals surface area contributed by atoms with E-state index in [2.05, 4.69) is 11.7 Å². The van der Waals surface area contributed by atoms with Gasteiger partial charge in [0.15, 0.2) is 11.6 Å². The van der Waals surface area contributed by atoms with E-state index in [0.717, 1.165) is 49.3 Å². The molecule has 1 aliphatic carbocycles. The molecular weight excluding hydrogens is 418 g/mol. The molecule has 0 unspecified atom stereocenters. The summed E-state index contributed by atoms with van der Waals surface area (Å²) in [5.74, 6) is -3.63. The second-order valence-corrected chi connectivity index (χ2v) is 8.29. The van der Waals surface area contributed by atoms with Crippen LogP contribution in [0.25, 0.3) is 0 Å². The molecule has 0 heterocycles. The molecule has 0 amide bonds. The maximum Gasteiger partial charge on any atom is 0.573 e. The Morgan fingerprint density at radius 2 is 1.52 bits per heavy atom. The highest BCUT2D eigenvalue weighted by Gasteiger charge is 2.34. The number of hydrogen-bond acceptors (Lipinski definition) is 1. The van der Waals surface area contributed by atoms with Gasteiger partial charge in [0.1, 0.15) is 5.82 Å². The van der Waals surface area contributed by atoms with Crippen molar-refractivity contribution in [3.05, 3.63) is 64.5 Å². The van der Waals surface area contributed by atoms with Crippen molar-refractivity contribution in [2.45, 2.75) is 70.6 Å². The second-order valence-electron chi connectivity index (χ2n) is 8.29. The zero-order valence-corrected chi connectivity index (χ0v) is 17.4. The largest absolute Gasteiger partial charge is 0.573 e. The van der Waals surface area contributed by atoms with Gasteiger partial charge in [-0.3, -0.25) is 0 Å². The number of rotatable bonds is 7. The monoisotopic (exact) mass is 444 g/mol. The number of halogens is 6. The molecule has 1 nitrogen and oxygen atoms in total. The van der Waals surface area contributed by atoms with Crippen molar-refractivity contribution in [1.29, 1.82) is 0 Å². The van der Waals surface area contributed by atoms with E-state index in [1.165, 1.54) is 12.8 Å². The smallest absolute Gasteiger partial charge is 0.399 e. The lowest BCUT2D eigenvalue weighted by Gasteiger charge is -2.28. The first-order valence-electron chi connectivity index (χ1n) is 10.7. The van der Waals surface area contributed by atoms with Gasteiger partial charge in [0.05, 0.1) is 0 Å². The van der Waals surface area contributed by atoms with Crippen molar-refractivity contribution in [3.63, 3.8) is 0 Å². The molecule has 3 rings (SSSR count). The molecule has 1 aliphatic rings. The fourth-order valence-corrected chi connectivity index (χ4v) is 4.46. The van der Waals surface area contributed by atoms with E-state index in [1.807, 2.05) is 6.07 Å². The third-order valence-electron chi connectivity index (χ3n) is 6.05. The van der Waals surface area contributed by atoms with Crippen LogP contribution in [0, 0.1) is 23.4 Å². The quantitative estimate of drug-likeness (QED) is 0.395. The highest BCUT2D eigenvalue weighted by atomic mass is 19.4. The molecule has 0 radical (unpaired) electrons. The van der Waals surface area contributed by atoms with E-state index in [0.29, 0.717) is 11.5 Å². The molecule has 0 N–H and O–H groups in total. The van der Waals surface area contributed by atoms with E-state index < -0.39 is 23.7 Å². The van der Waals surface area contributed by atoms with Crippen molar-refractivity contribution < 1.29 is 31.1 Å². The molecule has 0 atom stereocenters. The first-order chi connectivity index (χ1) is 14.7. The van der Waals surface area contributed by atoms with Gasteiger partial charge < -0.3 is 4.74 Å². The number of ether oxygens (including phenoxy) is 1. The summed E-state index contributed by atoms with van der Waals surface area (Å²) in [5, 5.41) is 0. The Balaban J connectivity index is 1.62. The number of alkyl halides is 3. The van der Waals surface area contributed by atoms with Crippen molar-refractivity contribution in [2.75, 3.05) is 0 Å². The molecule has 0 aromatic heterocycles. The van der Waals surface area contributed by atoms with E-state index in [4.69, 9.17) is 0 Å². The lowest BCUT2D eigenvalue weighted by Crippen LogP contribution is -2.19. The maximum atomic E-state index is 14.6. The Kier molecular flexibility index (Phi) is 7.55. The first-order valence-corrected chi connectivity index (χ1v) is 10.7. The number of benzene rings is 2. The Morgan fingerprint density at radius 3 is 2.06 bits per heavy atom. The summed E-state index contributed by atoms with van der Waals surface area (Å²) >= 11 is 0. The van der Waals surface area contributed by atoms with Crippen LogP contribution in [0.2, 0.25) is 0 Å². The lowest BCUT2D eigenvalue weighted by molar-refractivity contribution is -0.276. The molecule has 2 aromatic carbocycles. The minimum atomic E-state index is -5.19. The Bertz CT molecular complexity index is 861. The lowest BCUT2D eigenvalue weighted by atomic mass is 9.77. The number of aryl methyl sites for hydroxylation is 2. The van der Waals surface area contributed by atoms with Crippen LogP contribution in [0.15, 0.2) is 30.3 Å². The fraction of sp³-hybridized carbons (Fsp3) is 0.500. The van der Waals surface area contributed by atoms with Gasteiger partial charge in [0, 0.05) is 0 Å². The Hall–Kier alpha value is -2.18. The average molecular weight is 444 g/mol. The van der Waals surface area contributed by atoms with Crippen LogP contribution in [-0.2, 0) is 12.8 Å². The SMILES string of the molecule is CCCC1CCC(c2ccc(CCc3cc(F)c(OC(F)(F)F)c(F)c3)c(F)c2)CC1. The molecule has 31 heavy (non-hydrogen) atoms. The fourth-order valence-electron chi connectivity index (χ4n) is 4.46. The third-order valence-corrected chi connectivity index (χ3v) is 6.05. The van der Waals surface area contributed by atoms with Crippen LogP contribution >= 0.6 is 0 Å². The van der Waals surface area contributed by atoms with Gasteiger partial charge in [-0.1, -0.05) is 31.9 Å². The van der Waals surface area contributed by atoms with Gasteiger partial charge in [0.2, 0.25) is 5.75 Å². The molecule has 2 aromatic rings. The van der Waals surface area contributed by atoms with Crippen LogP contribution in [0.4, 0.5) is 26.3 Å². The Labute approximate surface area is 178 Å². The minimum Gasteiger partial charge on any atom is -0.399 e. The van der Waals surface area contributed by atoms with Gasteiger partial charge in [-0.2, -0.15) is 0 Å². The zero-order chi connectivity index (χ0) is 22.6. The summed E-state index contributed by atoms with van der Waals surface area (Å²) in [5.41, 5.74) is 1.50. The number of hydrogen-bond donors (Lipinski definition) is 0. The molecule has 0 bridgehead atoms. The van der Waals surface area contributed by atoms with Crippen LogP contribution < -0.4 is 4.74 Å². The van der Waals surface area contributed by atoms with Crippen LogP contribution in [0.3, 0.4) is 0 Å². The van der Waals surface area contributed by atoms with Gasteiger partial charge in [-0.15, -0.1) is 13.2 Å². The third kappa shape index (κ3) is 6.40.